The van der Waals surface area contributed by atoms with Crippen molar-refractivity contribution in [3.63, 3.8) is 0 Å². The lowest BCUT2D eigenvalue weighted by atomic mass is 10.0. The van der Waals surface area contributed by atoms with Gasteiger partial charge in [-0.25, -0.2) is 0 Å². The van der Waals surface area contributed by atoms with Gasteiger partial charge in [0.1, 0.15) is 4.75 Å². The molecule has 396 valence electrons. The van der Waals surface area contributed by atoms with Crippen molar-refractivity contribution in [2.45, 2.75) is 154 Å². The quantitative estimate of drug-likeness (QED) is 0.0568. The van der Waals surface area contributed by atoms with E-state index in [1.165, 1.54) is 20.7 Å². The van der Waals surface area contributed by atoms with Gasteiger partial charge in [-0.05, 0) is 127 Å². The molecule has 0 aromatic heterocycles. The average Bonchev–Trinajstić information content (AvgIpc) is 4.05. The summed E-state index contributed by atoms with van der Waals surface area (Å²) in [5.74, 6) is 2.45. The zero-order valence-corrected chi connectivity index (χ0v) is 49.1. The van der Waals surface area contributed by atoms with Crippen molar-refractivity contribution in [1.82, 2.24) is 4.72 Å². The smallest absolute Gasteiger partial charge is 0.307 e. The van der Waals surface area contributed by atoms with E-state index < -0.39 is 32.7 Å². The number of nitrogens with one attached hydrogen (secondary N) is 1. The summed E-state index contributed by atoms with van der Waals surface area (Å²) >= 11 is -1.24. The van der Waals surface area contributed by atoms with E-state index in [0.717, 1.165) is 25.7 Å². The molecular formula is C58H84Cl2N2O7SSi2. The number of hydrogen-bond donors (Lipinski definition) is 2. The first-order valence-corrected chi connectivity index (χ1v) is 30.9. The number of rotatable bonds is 18. The lowest BCUT2D eigenvalue weighted by Gasteiger charge is -2.45. The van der Waals surface area contributed by atoms with E-state index in [4.69, 9.17) is 24.1 Å². The molecule has 0 bridgehead atoms. The molecule has 0 spiro atoms. The third-order valence-electron chi connectivity index (χ3n) is 15.6. The zero-order valence-electron chi connectivity index (χ0n) is 44.6. The molecule has 0 heterocycles. The lowest BCUT2D eigenvalue weighted by molar-refractivity contribution is -0.144. The van der Waals surface area contributed by atoms with Gasteiger partial charge in [0.05, 0.1) is 32.1 Å². The standard InChI is InChI=1S/C31H45NO4SSi.C27H37NO3Si.2ClH/c1-8-35-28(33)21-27(32-37(34)30(2,3)4)29-25-19-22(20-26(25)29)36-38(31(5,6)7,23-15-11-9-12-16-23)24-17-13-10-14-18-24;1-5-30-25(29)18-24(28)26-22-16-19(17-23(22)26)31-32(27(2,3)4,20-12-8-6-9-13-20)21-14-10-7-11-15-21;;/h9-18,22,25-27,29,32H,8,19-21H2,1-7H3;6-15,19,22-24,26H,5,16-18,28H2,1-4H3;2*1H/t22?,25-,26+,27?,29?,37?;19?,22-,23+,24?,26?;;. The summed E-state index contributed by atoms with van der Waals surface area (Å²) < 4.78 is 40.9. The van der Waals surface area contributed by atoms with E-state index in [0.29, 0.717) is 55.1 Å². The molecule has 7 unspecified atom stereocenters. The fourth-order valence-electron chi connectivity index (χ4n) is 12.5. The van der Waals surface area contributed by atoms with Gasteiger partial charge in [0.15, 0.2) is 0 Å². The normalized spacial score (nSPS) is 24.6. The fraction of sp³-hybridized carbons (Fsp3) is 0.552. The maximum absolute atomic E-state index is 13.0. The predicted molar refractivity (Wildman–Crippen MR) is 304 cm³/mol. The minimum atomic E-state index is -2.60. The number of ether oxygens (including phenoxy) is 2. The van der Waals surface area contributed by atoms with E-state index in [1.54, 1.807) is 0 Å². The Kier molecular flexibility index (Phi) is 20.6. The van der Waals surface area contributed by atoms with Crippen molar-refractivity contribution in [2.24, 2.45) is 41.2 Å². The molecule has 0 radical (unpaired) electrons. The van der Waals surface area contributed by atoms with Gasteiger partial charge in [-0.1, -0.05) is 163 Å². The van der Waals surface area contributed by atoms with Gasteiger partial charge in [-0.3, -0.25) is 9.59 Å². The Labute approximate surface area is 449 Å². The second-order valence-corrected chi connectivity index (χ2v) is 33.9. The minimum absolute atomic E-state index is 0. The molecule has 4 aromatic carbocycles. The highest BCUT2D eigenvalue weighted by Crippen LogP contribution is 2.62. The molecule has 9 nitrogen and oxygen atoms in total. The highest BCUT2D eigenvalue weighted by atomic mass is 35.5. The zero-order chi connectivity index (χ0) is 50.6. The van der Waals surface area contributed by atoms with E-state index in [1.807, 2.05) is 34.6 Å². The molecule has 4 fully saturated rings. The molecule has 14 heteroatoms. The summed E-state index contributed by atoms with van der Waals surface area (Å²) in [5, 5.41) is 5.20. The van der Waals surface area contributed by atoms with Crippen LogP contribution in [0.1, 0.15) is 115 Å². The molecule has 0 amide bonds. The maximum atomic E-state index is 13.0. The first kappa shape index (κ1) is 59.9. The predicted octanol–water partition coefficient (Wildman–Crippen LogP) is 9.67. The number of fused-ring (bicyclic) bond motifs is 2. The van der Waals surface area contributed by atoms with Crippen molar-refractivity contribution in [3.8, 4) is 0 Å². The molecule has 4 aliphatic carbocycles. The van der Waals surface area contributed by atoms with Crippen molar-refractivity contribution in [3.05, 3.63) is 121 Å². The molecule has 0 saturated heterocycles. The lowest BCUT2D eigenvalue weighted by Crippen LogP contribution is -2.67. The molecule has 0 aliphatic heterocycles. The van der Waals surface area contributed by atoms with E-state index in [9.17, 15) is 14.1 Å². The molecular weight excluding hydrogens is 996 g/mol. The number of esters is 2. The summed E-state index contributed by atoms with van der Waals surface area (Å²) in [4.78, 5) is 24.3. The number of carbonyl (C=O) groups is 2. The molecule has 4 saturated carbocycles. The van der Waals surface area contributed by atoms with Crippen LogP contribution in [0.2, 0.25) is 10.1 Å². The highest BCUT2D eigenvalue weighted by Gasteiger charge is 2.63. The Balaban J connectivity index is 0.000000264. The SMILES string of the molecule is CCOC(=O)CC(N)C1[C@H]2CC(O[Si](c3ccccc3)(c3ccccc3)C(C)(C)C)C[C@@H]12.CCOC(=O)CC(N[S+]([O-])C(C)(C)C)C1[C@H]2CC(O[Si](c3ccccc3)(c3ccccc3)C(C)(C)C)C[C@@H]12.Cl.Cl. The van der Waals surface area contributed by atoms with Crippen LogP contribution in [0, 0.1) is 35.5 Å². The van der Waals surface area contributed by atoms with Crippen LogP contribution < -0.4 is 31.2 Å². The Morgan fingerprint density at radius 3 is 1.17 bits per heavy atom. The maximum Gasteiger partial charge on any atom is 0.307 e. The topological polar surface area (TPSA) is 132 Å². The summed E-state index contributed by atoms with van der Waals surface area (Å²) in [6.07, 6.45) is 5.02. The van der Waals surface area contributed by atoms with Crippen LogP contribution in [0.5, 0.6) is 0 Å². The van der Waals surface area contributed by atoms with Gasteiger partial charge in [0.25, 0.3) is 16.6 Å². The first-order valence-electron chi connectivity index (χ1n) is 26.0. The Bertz CT molecular complexity index is 2220. The molecule has 11 atom stereocenters. The third kappa shape index (κ3) is 13.1. The van der Waals surface area contributed by atoms with E-state index >= 15 is 0 Å². The van der Waals surface area contributed by atoms with Crippen LogP contribution in [-0.4, -0.2) is 75.4 Å². The molecule has 72 heavy (non-hydrogen) atoms. The van der Waals surface area contributed by atoms with Gasteiger partial charge in [-0.15, -0.1) is 29.5 Å². The van der Waals surface area contributed by atoms with Crippen LogP contribution in [0.25, 0.3) is 0 Å². The first-order chi connectivity index (χ1) is 33.2. The van der Waals surface area contributed by atoms with Crippen LogP contribution in [0.15, 0.2) is 121 Å². The van der Waals surface area contributed by atoms with Crippen molar-refractivity contribution >= 4 is 85.5 Å². The second-order valence-electron chi connectivity index (χ2n) is 23.3. The number of carbonyl (C=O) groups excluding carboxylic acids is 2. The van der Waals surface area contributed by atoms with Crippen LogP contribution in [0.3, 0.4) is 0 Å². The van der Waals surface area contributed by atoms with E-state index in [-0.39, 0.29) is 77.5 Å². The van der Waals surface area contributed by atoms with Crippen molar-refractivity contribution in [2.75, 3.05) is 13.2 Å². The number of hydrogen-bond acceptors (Lipinski definition) is 9. The van der Waals surface area contributed by atoms with Crippen LogP contribution in [0.4, 0.5) is 0 Å². The number of halogens is 2. The van der Waals surface area contributed by atoms with Gasteiger partial charge >= 0.3 is 11.9 Å². The fourth-order valence-corrected chi connectivity index (χ4v) is 22.8. The molecule has 8 rings (SSSR count). The number of nitrogens with two attached hydrogens (primary N) is 1. The van der Waals surface area contributed by atoms with Crippen molar-refractivity contribution in [1.29, 1.82) is 0 Å². The third-order valence-corrected chi connectivity index (χ3v) is 27.4. The molecule has 4 aromatic rings. The van der Waals surface area contributed by atoms with Crippen molar-refractivity contribution < 1.29 is 32.5 Å². The second kappa shape index (κ2) is 24.8. The summed E-state index contributed by atoms with van der Waals surface area (Å²) in [6, 6.07) is 43.0. The Morgan fingerprint density at radius 1 is 0.569 bits per heavy atom. The molecule has 3 N–H and O–H groups in total. The number of benzene rings is 4. The van der Waals surface area contributed by atoms with Gasteiger partial charge in [-0.2, -0.15) is 0 Å². The Hall–Kier alpha value is -3.02. The highest BCUT2D eigenvalue weighted by molar-refractivity contribution is 7.90. The van der Waals surface area contributed by atoms with Gasteiger partial charge in [0, 0.05) is 29.6 Å². The van der Waals surface area contributed by atoms with Crippen LogP contribution >= 0.6 is 24.8 Å². The monoisotopic (exact) mass is 1080 g/mol. The van der Waals surface area contributed by atoms with Crippen LogP contribution in [-0.2, 0) is 39.3 Å². The largest absolute Gasteiger partial charge is 0.598 e. The van der Waals surface area contributed by atoms with E-state index in [2.05, 4.69) is 168 Å². The van der Waals surface area contributed by atoms with Gasteiger partial charge in [0.2, 0.25) is 0 Å². The summed E-state index contributed by atoms with van der Waals surface area (Å²) in [5.41, 5.74) is 6.39. The Morgan fingerprint density at radius 2 is 0.875 bits per heavy atom. The average molecular weight is 1080 g/mol. The summed E-state index contributed by atoms with van der Waals surface area (Å²) in [7, 11) is -5.11. The molecule has 4 aliphatic rings. The van der Waals surface area contributed by atoms with Gasteiger partial charge < -0.3 is 28.6 Å². The minimum Gasteiger partial charge on any atom is -0.598 e. The summed E-state index contributed by atoms with van der Waals surface area (Å²) in [6.45, 7) is 24.2.